The van der Waals surface area contributed by atoms with E-state index in [1.807, 2.05) is 11.0 Å². The molecule has 2 saturated heterocycles. The number of carbonyl (C=O) groups is 1. The number of carbonyl (C=O) groups excluding carboxylic acids is 1. The van der Waals surface area contributed by atoms with Crippen LogP contribution in [-0.2, 0) is 11.3 Å². The third kappa shape index (κ3) is 4.34. The molecule has 3 unspecified atom stereocenters. The Labute approximate surface area is 164 Å². The lowest BCUT2D eigenvalue weighted by molar-refractivity contribution is 0.0259. The van der Waals surface area contributed by atoms with Crippen molar-refractivity contribution in [2.75, 3.05) is 19.8 Å². The van der Waals surface area contributed by atoms with Gasteiger partial charge in [0, 0.05) is 36.5 Å². The first-order chi connectivity index (χ1) is 13.2. The molecule has 2 aliphatic rings. The Kier molecular flexibility index (Phi) is 5.76. The first kappa shape index (κ1) is 18.5. The molecule has 0 spiro atoms. The highest BCUT2D eigenvalue weighted by molar-refractivity contribution is 7.13. The molecule has 3 heterocycles. The van der Waals surface area contributed by atoms with Gasteiger partial charge in [-0.3, -0.25) is 0 Å². The topological polar surface area (TPSA) is 61.8 Å². The van der Waals surface area contributed by atoms with Crippen LogP contribution in [0.3, 0.4) is 0 Å². The number of nitrogens with zero attached hydrogens (tertiary/aromatic N) is 1. The van der Waals surface area contributed by atoms with Crippen molar-refractivity contribution in [3.63, 3.8) is 0 Å². The van der Waals surface area contributed by atoms with E-state index in [-0.39, 0.29) is 12.1 Å². The van der Waals surface area contributed by atoms with Gasteiger partial charge in [-0.05, 0) is 41.8 Å². The van der Waals surface area contributed by atoms with Crippen molar-refractivity contribution in [3.05, 3.63) is 47.3 Å². The second-order valence-electron chi connectivity index (χ2n) is 7.42. The Balaban J connectivity index is 1.35. The minimum absolute atomic E-state index is 0.0708. The molecule has 0 bridgehead atoms. The SMILES string of the molecule is O=C(NCc1ccc(-c2cccs2)cc1)N1CC(O)CC1C1CCCOC1. The van der Waals surface area contributed by atoms with E-state index >= 15 is 0 Å². The fourth-order valence-electron chi connectivity index (χ4n) is 4.10. The number of rotatable bonds is 4. The zero-order valence-electron chi connectivity index (χ0n) is 15.3. The van der Waals surface area contributed by atoms with Crippen LogP contribution in [-0.4, -0.2) is 47.9 Å². The summed E-state index contributed by atoms with van der Waals surface area (Å²) in [5, 5.41) is 15.2. The largest absolute Gasteiger partial charge is 0.391 e. The summed E-state index contributed by atoms with van der Waals surface area (Å²) in [7, 11) is 0. The van der Waals surface area contributed by atoms with Gasteiger partial charge in [-0.1, -0.05) is 30.3 Å². The van der Waals surface area contributed by atoms with Crippen LogP contribution in [0.15, 0.2) is 41.8 Å². The fourth-order valence-corrected chi connectivity index (χ4v) is 4.83. The summed E-state index contributed by atoms with van der Waals surface area (Å²) in [5.74, 6) is 0.326. The van der Waals surface area contributed by atoms with Gasteiger partial charge in [0.05, 0.1) is 12.7 Å². The van der Waals surface area contributed by atoms with Crippen LogP contribution in [0.25, 0.3) is 10.4 Å². The molecule has 27 heavy (non-hydrogen) atoms. The van der Waals surface area contributed by atoms with Crippen molar-refractivity contribution >= 4 is 17.4 Å². The Morgan fingerprint density at radius 1 is 1.30 bits per heavy atom. The van der Waals surface area contributed by atoms with Gasteiger partial charge in [0.1, 0.15) is 0 Å². The number of urea groups is 1. The van der Waals surface area contributed by atoms with Gasteiger partial charge in [-0.15, -0.1) is 11.3 Å². The predicted molar refractivity (Wildman–Crippen MR) is 107 cm³/mol. The summed E-state index contributed by atoms with van der Waals surface area (Å²) in [4.78, 5) is 15.8. The molecular formula is C21H26N2O3S. The Hall–Kier alpha value is -1.89. The van der Waals surface area contributed by atoms with E-state index < -0.39 is 6.10 Å². The first-order valence-corrected chi connectivity index (χ1v) is 10.5. The van der Waals surface area contributed by atoms with Crippen molar-refractivity contribution in [2.24, 2.45) is 5.92 Å². The van der Waals surface area contributed by atoms with E-state index in [1.165, 1.54) is 10.4 Å². The minimum Gasteiger partial charge on any atom is -0.391 e. The highest BCUT2D eigenvalue weighted by Gasteiger charge is 2.39. The molecule has 1 aromatic carbocycles. The van der Waals surface area contributed by atoms with Crippen LogP contribution in [0.4, 0.5) is 4.79 Å². The third-order valence-electron chi connectivity index (χ3n) is 5.53. The van der Waals surface area contributed by atoms with E-state index in [1.54, 1.807) is 11.3 Å². The molecule has 2 amide bonds. The molecule has 0 saturated carbocycles. The number of benzene rings is 1. The highest BCUT2D eigenvalue weighted by Crippen LogP contribution is 2.30. The predicted octanol–water partition coefficient (Wildman–Crippen LogP) is 3.49. The van der Waals surface area contributed by atoms with Crippen LogP contribution < -0.4 is 5.32 Å². The van der Waals surface area contributed by atoms with Crippen molar-refractivity contribution < 1.29 is 14.6 Å². The quantitative estimate of drug-likeness (QED) is 0.846. The summed E-state index contributed by atoms with van der Waals surface area (Å²) >= 11 is 1.72. The number of hydrogen-bond donors (Lipinski definition) is 2. The van der Waals surface area contributed by atoms with Crippen LogP contribution in [0.5, 0.6) is 0 Å². The van der Waals surface area contributed by atoms with Gasteiger partial charge in [0.15, 0.2) is 0 Å². The van der Waals surface area contributed by atoms with E-state index in [2.05, 4.69) is 41.0 Å². The lowest BCUT2D eigenvalue weighted by Crippen LogP contribution is -2.47. The molecule has 6 heteroatoms. The zero-order chi connectivity index (χ0) is 18.6. The number of likely N-dealkylation sites (tertiary alicyclic amines) is 1. The molecule has 0 aliphatic carbocycles. The average molecular weight is 387 g/mol. The lowest BCUT2D eigenvalue weighted by atomic mass is 9.92. The fraction of sp³-hybridized carbons (Fsp3) is 0.476. The first-order valence-electron chi connectivity index (χ1n) is 9.64. The number of amides is 2. The van der Waals surface area contributed by atoms with Gasteiger partial charge >= 0.3 is 6.03 Å². The van der Waals surface area contributed by atoms with E-state index in [4.69, 9.17) is 4.74 Å². The molecule has 1 aromatic heterocycles. The van der Waals surface area contributed by atoms with Gasteiger partial charge in [0.2, 0.25) is 0 Å². The Bertz CT molecular complexity index is 741. The van der Waals surface area contributed by atoms with Crippen molar-refractivity contribution in [1.82, 2.24) is 10.2 Å². The molecule has 3 atom stereocenters. The van der Waals surface area contributed by atoms with Crippen molar-refractivity contribution in [3.8, 4) is 10.4 Å². The molecule has 0 radical (unpaired) electrons. The normalized spacial score (nSPS) is 25.5. The number of β-amino-alcohol motifs (C(OH)–C–C–N with tert-alkyl or cyclic N) is 1. The maximum absolute atomic E-state index is 12.7. The number of aliphatic hydroxyl groups is 1. The second-order valence-corrected chi connectivity index (χ2v) is 8.37. The Morgan fingerprint density at radius 3 is 2.85 bits per heavy atom. The number of nitrogens with one attached hydrogen (secondary N) is 1. The van der Waals surface area contributed by atoms with Crippen LogP contribution in [0.2, 0.25) is 0 Å². The smallest absolute Gasteiger partial charge is 0.318 e. The summed E-state index contributed by atoms with van der Waals surface area (Å²) in [6.07, 6.45) is 2.30. The average Bonchev–Trinajstić information content (AvgIpc) is 3.37. The molecule has 5 nitrogen and oxygen atoms in total. The number of aliphatic hydroxyl groups excluding tert-OH is 1. The maximum Gasteiger partial charge on any atom is 0.318 e. The van der Waals surface area contributed by atoms with E-state index in [0.717, 1.165) is 25.0 Å². The number of thiophene rings is 1. The molecule has 2 aromatic rings. The molecule has 2 fully saturated rings. The second kappa shape index (κ2) is 8.42. The molecule has 2 aliphatic heterocycles. The van der Waals surface area contributed by atoms with Crippen molar-refractivity contribution in [1.29, 1.82) is 0 Å². The Morgan fingerprint density at radius 2 is 2.15 bits per heavy atom. The van der Waals surface area contributed by atoms with E-state index in [9.17, 15) is 9.90 Å². The number of hydrogen-bond acceptors (Lipinski definition) is 4. The van der Waals surface area contributed by atoms with Gasteiger partial charge in [0.25, 0.3) is 0 Å². The summed E-state index contributed by atoms with van der Waals surface area (Å²) in [6, 6.07) is 12.4. The van der Waals surface area contributed by atoms with Gasteiger partial charge in [-0.2, -0.15) is 0 Å². The summed E-state index contributed by atoms with van der Waals surface area (Å²) < 4.78 is 5.59. The van der Waals surface area contributed by atoms with Gasteiger partial charge < -0.3 is 20.1 Å². The monoisotopic (exact) mass is 386 g/mol. The summed E-state index contributed by atoms with van der Waals surface area (Å²) in [6.45, 7) is 2.39. The van der Waals surface area contributed by atoms with Crippen LogP contribution in [0, 0.1) is 5.92 Å². The van der Waals surface area contributed by atoms with Crippen LogP contribution >= 0.6 is 11.3 Å². The maximum atomic E-state index is 12.7. The molecular weight excluding hydrogens is 360 g/mol. The standard InChI is InChI=1S/C21H26N2O3S/c24-18-11-19(17-3-1-9-26-14-17)23(13-18)21(25)22-12-15-5-7-16(8-6-15)20-4-2-10-27-20/h2,4-8,10,17-19,24H,1,3,9,11-14H2,(H,22,25). The minimum atomic E-state index is -0.437. The highest BCUT2D eigenvalue weighted by atomic mass is 32.1. The van der Waals surface area contributed by atoms with E-state index in [0.29, 0.717) is 32.0 Å². The third-order valence-corrected chi connectivity index (χ3v) is 6.44. The molecule has 144 valence electrons. The molecule has 2 N–H and O–H groups in total. The number of ether oxygens (including phenoxy) is 1. The zero-order valence-corrected chi connectivity index (χ0v) is 16.2. The lowest BCUT2D eigenvalue weighted by Gasteiger charge is -2.33. The molecule has 4 rings (SSSR count). The van der Waals surface area contributed by atoms with Crippen LogP contribution in [0.1, 0.15) is 24.8 Å². The summed E-state index contributed by atoms with van der Waals surface area (Å²) in [5.41, 5.74) is 2.26. The van der Waals surface area contributed by atoms with Crippen molar-refractivity contribution in [2.45, 2.75) is 38.0 Å². The van der Waals surface area contributed by atoms with Gasteiger partial charge in [-0.25, -0.2) is 4.79 Å².